The van der Waals surface area contributed by atoms with E-state index >= 15 is 0 Å². The van der Waals surface area contributed by atoms with Gasteiger partial charge in [-0.2, -0.15) is 0 Å². The van der Waals surface area contributed by atoms with Crippen LogP contribution in [0.1, 0.15) is 42.3 Å². The molecule has 0 aliphatic carbocycles. The summed E-state index contributed by atoms with van der Waals surface area (Å²) >= 11 is 0. The maximum Gasteiger partial charge on any atom is 0.414 e. The van der Waals surface area contributed by atoms with Crippen LogP contribution in [0.2, 0.25) is 0 Å². The monoisotopic (exact) mass is 384 g/mol. The van der Waals surface area contributed by atoms with Crippen LogP contribution in [0.25, 0.3) is 0 Å². The van der Waals surface area contributed by atoms with Gasteiger partial charge in [0.05, 0.1) is 24.5 Å². The van der Waals surface area contributed by atoms with Gasteiger partial charge >= 0.3 is 12.1 Å². The van der Waals surface area contributed by atoms with Crippen molar-refractivity contribution in [3.8, 4) is 0 Å². The van der Waals surface area contributed by atoms with Gasteiger partial charge in [-0.15, -0.1) is 0 Å². The highest BCUT2D eigenvalue weighted by molar-refractivity contribution is 5.92. The number of fused-ring (bicyclic) bond motifs is 1. The lowest BCUT2D eigenvalue weighted by atomic mass is 10.0. The summed E-state index contributed by atoms with van der Waals surface area (Å²) in [6.07, 6.45) is 3.14. The molecule has 1 atom stereocenters. The van der Waals surface area contributed by atoms with Gasteiger partial charge in [0.15, 0.2) is 5.76 Å². The number of carbonyl (C=O) groups is 2. The van der Waals surface area contributed by atoms with E-state index in [-0.39, 0.29) is 18.2 Å². The minimum Gasteiger partial charge on any atom is -0.452 e. The molecule has 2 aliphatic rings. The number of benzene rings is 1. The number of nitrogens with zero attached hydrogens (tertiary/aromatic N) is 3. The molecule has 1 aromatic heterocycles. The third-order valence-electron chi connectivity index (χ3n) is 5.33. The molecular formula is C20H24N4O4. The number of aromatic nitrogens is 1. The van der Waals surface area contributed by atoms with Gasteiger partial charge in [0.1, 0.15) is 0 Å². The first-order valence-electron chi connectivity index (χ1n) is 9.56. The highest BCUT2D eigenvalue weighted by atomic mass is 16.5. The van der Waals surface area contributed by atoms with Gasteiger partial charge in [-0.25, -0.2) is 9.59 Å². The van der Waals surface area contributed by atoms with Crippen LogP contribution in [0.5, 0.6) is 0 Å². The Kier molecular flexibility index (Phi) is 4.93. The van der Waals surface area contributed by atoms with Crippen LogP contribution in [0.3, 0.4) is 0 Å². The van der Waals surface area contributed by atoms with E-state index in [0.717, 1.165) is 54.1 Å². The topological polar surface area (TPSA) is 87.9 Å². The zero-order valence-electron chi connectivity index (χ0n) is 16.1. The predicted octanol–water partition coefficient (Wildman–Crippen LogP) is 3.87. The zero-order valence-corrected chi connectivity index (χ0v) is 16.1. The number of hydrogen-bond donors (Lipinski definition) is 1. The van der Waals surface area contributed by atoms with E-state index in [4.69, 9.17) is 9.26 Å². The molecule has 1 N–H and O–H groups in total. The van der Waals surface area contributed by atoms with E-state index in [1.807, 2.05) is 31.2 Å². The molecule has 3 heterocycles. The second kappa shape index (κ2) is 7.53. The fourth-order valence-electron chi connectivity index (χ4n) is 4.02. The highest BCUT2D eigenvalue weighted by Crippen LogP contribution is 2.34. The van der Waals surface area contributed by atoms with Crippen LogP contribution < -0.4 is 10.2 Å². The number of rotatable bonds is 2. The molecular weight excluding hydrogens is 360 g/mol. The Morgan fingerprint density at radius 1 is 1.25 bits per heavy atom. The second-order valence-corrected chi connectivity index (χ2v) is 7.22. The minimum absolute atomic E-state index is 0.0892. The predicted molar refractivity (Wildman–Crippen MR) is 103 cm³/mol. The van der Waals surface area contributed by atoms with E-state index < -0.39 is 0 Å². The first kappa shape index (κ1) is 18.3. The number of nitrogens with one attached hydrogen (secondary N) is 1. The second-order valence-electron chi connectivity index (χ2n) is 7.22. The van der Waals surface area contributed by atoms with Crippen molar-refractivity contribution in [3.05, 3.63) is 41.3 Å². The molecule has 0 saturated carbocycles. The van der Waals surface area contributed by atoms with E-state index in [1.165, 1.54) is 7.11 Å². The summed E-state index contributed by atoms with van der Waals surface area (Å²) in [4.78, 5) is 28.2. The number of aryl methyl sites for hydroxylation is 2. The Morgan fingerprint density at radius 3 is 2.86 bits per heavy atom. The standard InChI is InChI=1S/C20H24N4O4/c1-13-11-18(28-22-13)17-6-4-9-23(17)19(25)21-15-7-8-16-14(12-15)5-3-10-24(16)20(26)27-2/h7-8,11-12,17H,3-6,9-10H2,1-2H3,(H,21,25). The van der Waals surface area contributed by atoms with E-state index in [0.29, 0.717) is 13.1 Å². The van der Waals surface area contributed by atoms with Crippen LogP contribution in [0.4, 0.5) is 21.0 Å². The van der Waals surface area contributed by atoms with Crippen molar-refractivity contribution in [1.29, 1.82) is 0 Å². The van der Waals surface area contributed by atoms with Crippen LogP contribution in [0.15, 0.2) is 28.8 Å². The van der Waals surface area contributed by atoms with Crippen LogP contribution in [0, 0.1) is 6.92 Å². The number of urea groups is 1. The van der Waals surface area contributed by atoms with Gasteiger partial charge in [0, 0.05) is 24.8 Å². The smallest absolute Gasteiger partial charge is 0.414 e. The van der Waals surface area contributed by atoms with Gasteiger partial charge in [-0.3, -0.25) is 4.90 Å². The van der Waals surface area contributed by atoms with Gasteiger partial charge in [0.2, 0.25) is 0 Å². The summed E-state index contributed by atoms with van der Waals surface area (Å²) in [5, 5.41) is 6.93. The highest BCUT2D eigenvalue weighted by Gasteiger charge is 2.33. The lowest BCUT2D eigenvalue weighted by Gasteiger charge is -2.29. The molecule has 4 rings (SSSR count). The van der Waals surface area contributed by atoms with Crippen molar-refractivity contribution < 1.29 is 18.8 Å². The Bertz CT molecular complexity index is 894. The summed E-state index contributed by atoms with van der Waals surface area (Å²) in [5.41, 5.74) is 3.40. The fraction of sp³-hybridized carbons (Fsp3) is 0.450. The third-order valence-corrected chi connectivity index (χ3v) is 5.33. The average molecular weight is 384 g/mol. The Morgan fingerprint density at radius 2 is 2.11 bits per heavy atom. The fourth-order valence-corrected chi connectivity index (χ4v) is 4.02. The largest absolute Gasteiger partial charge is 0.452 e. The molecule has 8 nitrogen and oxygen atoms in total. The number of amides is 3. The van der Waals surface area contributed by atoms with E-state index in [2.05, 4.69) is 10.5 Å². The number of ether oxygens (including phenoxy) is 1. The maximum absolute atomic E-state index is 12.9. The molecule has 2 aromatic rings. The normalized spacial score (nSPS) is 18.7. The number of hydrogen-bond acceptors (Lipinski definition) is 5. The molecule has 28 heavy (non-hydrogen) atoms. The van der Waals surface area contributed by atoms with Gasteiger partial charge in [-0.05, 0) is 56.4 Å². The minimum atomic E-state index is -0.361. The molecule has 2 aliphatic heterocycles. The Balaban J connectivity index is 1.50. The molecule has 8 heteroatoms. The number of carbonyl (C=O) groups excluding carboxylic acids is 2. The summed E-state index contributed by atoms with van der Waals surface area (Å²) < 4.78 is 10.2. The summed E-state index contributed by atoms with van der Waals surface area (Å²) in [6, 6.07) is 7.26. The molecule has 0 bridgehead atoms. The van der Waals surface area contributed by atoms with Gasteiger partial charge in [-0.1, -0.05) is 5.16 Å². The Labute approximate surface area is 163 Å². The average Bonchev–Trinajstić information content (AvgIpc) is 3.35. The maximum atomic E-state index is 12.9. The molecule has 148 valence electrons. The van der Waals surface area contributed by atoms with Crippen molar-refractivity contribution in [2.24, 2.45) is 0 Å². The summed E-state index contributed by atoms with van der Waals surface area (Å²) in [6.45, 7) is 3.19. The Hall–Kier alpha value is -3.03. The quantitative estimate of drug-likeness (QED) is 0.849. The number of methoxy groups -OCH3 is 1. The van der Waals surface area contributed by atoms with E-state index in [9.17, 15) is 9.59 Å². The van der Waals surface area contributed by atoms with Gasteiger partial charge < -0.3 is 19.5 Å². The summed E-state index contributed by atoms with van der Waals surface area (Å²) in [7, 11) is 1.38. The third kappa shape index (κ3) is 3.42. The van der Waals surface area contributed by atoms with Crippen LogP contribution in [-0.2, 0) is 11.2 Å². The van der Waals surface area contributed by atoms with Gasteiger partial charge in [0.25, 0.3) is 0 Å². The molecule has 1 saturated heterocycles. The van der Waals surface area contributed by atoms with Crippen molar-refractivity contribution in [2.75, 3.05) is 30.4 Å². The van der Waals surface area contributed by atoms with E-state index in [1.54, 1.807) is 9.80 Å². The first-order valence-corrected chi connectivity index (χ1v) is 9.56. The first-order chi connectivity index (χ1) is 13.6. The van der Waals surface area contributed by atoms with Crippen molar-refractivity contribution in [3.63, 3.8) is 0 Å². The molecule has 0 spiro atoms. The lowest BCUT2D eigenvalue weighted by molar-refractivity contribution is 0.178. The summed E-state index contributed by atoms with van der Waals surface area (Å²) in [5.74, 6) is 0.726. The lowest BCUT2D eigenvalue weighted by Crippen LogP contribution is -2.36. The SMILES string of the molecule is COC(=O)N1CCCc2cc(NC(=O)N3CCCC3c3cc(C)no3)ccc21. The molecule has 1 fully saturated rings. The van der Waals surface area contributed by atoms with Crippen molar-refractivity contribution in [1.82, 2.24) is 10.1 Å². The van der Waals surface area contributed by atoms with Crippen molar-refractivity contribution >= 4 is 23.5 Å². The molecule has 3 amide bonds. The molecule has 0 radical (unpaired) electrons. The number of likely N-dealkylation sites (tertiary alicyclic amines) is 1. The zero-order chi connectivity index (χ0) is 19.7. The van der Waals surface area contributed by atoms with Crippen molar-refractivity contribution in [2.45, 2.75) is 38.6 Å². The number of anilines is 2. The molecule has 1 aromatic carbocycles. The van der Waals surface area contributed by atoms with Crippen LogP contribution in [-0.4, -0.2) is 42.4 Å². The van der Waals surface area contributed by atoms with Crippen LogP contribution >= 0.6 is 0 Å². The molecule has 1 unspecified atom stereocenters.